The van der Waals surface area contributed by atoms with E-state index < -0.39 is 12.0 Å². The molecule has 0 atom stereocenters. The first kappa shape index (κ1) is 10.7. The zero-order chi connectivity index (χ0) is 10.7. The number of nitrogens with zero attached hydrogens (tertiary/aromatic N) is 1. The second-order valence-electron chi connectivity index (χ2n) is 2.33. The van der Waals surface area contributed by atoms with Crippen molar-refractivity contribution in [2.24, 2.45) is 5.73 Å². The summed E-state index contributed by atoms with van der Waals surface area (Å²) in [5, 5.41) is 7.36. The Bertz CT molecular complexity index is 440. The van der Waals surface area contributed by atoms with Crippen molar-refractivity contribution in [3.05, 3.63) is 29.4 Å². The fourth-order valence-electron chi connectivity index (χ4n) is 0.946. The van der Waals surface area contributed by atoms with Gasteiger partial charge in [0.2, 0.25) is 0 Å². The molecular formula is C7H6IN3O3. The van der Waals surface area contributed by atoms with Crippen LogP contribution in [0.25, 0.3) is 0 Å². The van der Waals surface area contributed by atoms with E-state index in [2.05, 4.69) is 3.07 Å². The summed E-state index contributed by atoms with van der Waals surface area (Å²) < 4.78 is 5.17. The molecule has 0 spiro atoms. The lowest BCUT2D eigenvalue weighted by atomic mass is 10.3. The number of amides is 1. The first-order chi connectivity index (χ1) is 6.57. The molecule has 7 heteroatoms. The van der Waals surface area contributed by atoms with Crippen molar-refractivity contribution >= 4 is 35.0 Å². The number of nitrogens with one attached hydrogen (secondary N) is 1. The van der Waals surface area contributed by atoms with Crippen LogP contribution in [0.2, 0.25) is 0 Å². The van der Waals surface area contributed by atoms with Gasteiger partial charge in [-0.3, -0.25) is 5.41 Å². The maximum Gasteiger partial charge on any atom is 0.364 e. The lowest BCUT2D eigenvalue weighted by molar-refractivity contribution is 0.0789. The number of hydrogen-bond acceptors (Lipinski definition) is 4. The van der Waals surface area contributed by atoms with Crippen molar-refractivity contribution in [2.45, 2.75) is 0 Å². The summed E-state index contributed by atoms with van der Waals surface area (Å²) in [5.74, 6) is -0.724. The van der Waals surface area contributed by atoms with Gasteiger partial charge >= 0.3 is 12.0 Å². The molecule has 14 heavy (non-hydrogen) atoms. The van der Waals surface area contributed by atoms with Crippen LogP contribution in [-0.4, -0.2) is 16.6 Å². The standard InChI is InChI=1S/C7H6IN3O3/c8-14-6(12)4-2-1-3-5(9)11(4)7(10)13/h1-3,9H,(H2,10,13). The zero-order valence-electron chi connectivity index (χ0n) is 6.86. The molecule has 0 aliphatic heterocycles. The predicted molar refractivity (Wildman–Crippen MR) is 54.7 cm³/mol. The molecule has 3 N–H and O–H groups in total. The average molecular weight is 307 g/mol. The maximum atomic E-state index is 11.1. The smallest absolute Gasteiger partial charge is 0.364 e. The van der Waals surface area contributed by atoms with Crippen molar-refractivity contribution in [3.8, 4) is 0 Å². The van der Waals surface area contributed by atoms with Crippen molar-refractivity contribution in [2.75, 3.05) is 0 Å². The number of pyridine rings is 1. The highest BCUT2D eigenvalue weighted by molar-refractivity contribution is 14.1. The van der Waals surface area contributed by atoms with Crippen molar-refractivity contribution in [3.63, 3.8) is 0 Å². The van der Waals surface area contributed by atoms with Gasteiger partial charge in [-0.05, 0) is 12.1 Å². The summed E-state index contributed by atoms with van der Waals surface area (Å²) >= 11 is 1.39. The molecule has 0 radical (unpaired) electrons. The molecule has 1 amide bonds. The number of halogens is 1. The minimum Gasteiger partial charge on any atom is -0.390 e. The van der Waals surface area contributed by atoms with Crippen LogP contribution in [0, 0.1) is 5.41 Å². The molecule has 0 aromatic carbocycles. The van der Waals surface area contributed by atoms with Crippen molar-refractivity contribution in [1.82, 2.24) is 4.57 Å². The fourth-order valence-corrected chi connectivity index (χ4v) is 1.17. The highest BCUT2D eigenvalue weighted by Crippen LogP contribution is 2.01. The van der Waals surface area contributed by atoms with Gasteiger partial charge in [0, 0.05) is 0 Å². The molecule has 1 aromatic rings. The van der Waals surface area contributed by atoms with Gasteiger partial charge in [0.05, 0.1) is 0 Å². The van der Waals surface area contributed by atoms with E-state index in [1.54, 1.807) is 0 Å². The molecule has 0 saturated carbocycles. The molecule has 1 heterocycles. The van der Waals surface area contributed by atoms with Gasteiger partial charge in [0.15, 0.2) is 23.0 Å². The number of aromatic nitrogens is 1. The third kappa shape index (κ3) is 1.92. The summed E-state index contributed by atoms with van der Waals surface area (Å²) in [4.78, 5) is 22.1. The van der Waals surface area contributed by atoms with Gasteiger partial charge in [-0.25, -0.2) is 14.2 Å². The molecule has 74 valence electrons. The Morgan fingerprint density at radius 1 is 1.50 bits per heavy atom. The van der Waals surface area contributed by atoms with Gasteiger partial charge in [-0.2, -0.15) is 0 Å². The third-order valence-corrected chi connectivity index (χ3v) is 1.89. The lowest BCUT2D eigenvalue weighted by Gasteiger charge is -2.06. The Labute approximate surface area is 92.9 Å². The Morgan fingerprint density at radius 3 is 2.64 bits per heavy atom. The number of hydrogen-bond donors (Lipinski definition) is 2. The monoisotopic (exact) mass is 307 g/mol. The highest BCUT2D eigenvalue weighted by atomic mass is 127. The van der Waals surface area contributed by atoms with E-state index in [1.165, 1.54) is 41.2 Å². The predicted octanol–water partition coefficient (Wildman–Crippen LogP) is 0.401. The number of nitrogens with two attached hydrogens (primary N) is 1. The maximum absolute atomic E-state index is 11.1. The topological polar surface area (TPSA) is 98.2 Å². The van der Waals surface area contributed by atoms with Crippen LogP contribution in [0.3, 0.4) is 0 Å². The lowest BCUT2D eigenvalue weighted by Crippen LogP contribution is -2.35. The molecule has 0 bridgehead atoms. The van der Waals surface area contributed by atoms with E-state index in [4.69, 9.17) is 11.1 Å². The number of primary amides is 1. The second-order valence-corrected chi connectivity index (χ2v) is 2.77. The summed E-state index contributed by atoms with van der Waals surface area (Å²) in [6.07, 6.45) is 0. The Balaban J connectivity index is 3.43. The summed E-state index contributed by atoms with van der Waals surface area (Å²) in [5.41, 5.74) is 4.76. The second kappa shape index (κ2) is 4.22. The SMILES string of the molecule is N=c1cccc(C(=O)OI)n1C(N)=O. The van der Waals surface area contributed by atoms with Crippen LogP contribution in [-0.2, 0) is 3.07 Å². The van der Waals surface area contributed by atoms with Gasteiger partial charge in [-0.15, -0.1) is 0 Å². The number of carbonyl (C=O) groups excluding carboxylic acids is 2. The van der Waals surface area contributed by atoms with E-state index in [0.717, 1.165) is 4.57 Å². The summed E-state index contributed by atoms with van der Waals surface area (Å²) in [7, 11) is 0. The Hall–Kier alpha value is -1.38. The molecule has 0 unspecified atom stereocenters. The first-order valence-corrected chi connectivity index (χ1v) is 4.35. The minimum atomic E-state index is -0.896. The molecular weight excluding hydrogens is 301 g/mol. The van der Waals surface area contributed by atoms with Crippen LogP contribution < -0.4 is 11.2 Å². The quantitative estimate of drug-likeness (QED) is 0.735. The minimum absolute atomic E-state index is 0.0700. The molecule has 0 aliphatic rings. The van der Waals surface area contributed by atoms with Crippen molar-refractivity contribution < 1.29 is 12.7 Å². The molecule has 0 aliphatic carbocycles. The van der Waals surface area contributed by atoms with Gasteiger partial charge in [0.1, 0.15) is 11.2 Å². The van der Waals surface area contributed by atoms with E-state index in [-0.39, 0.29) is 11.2 Å². The van der Waals surface area contributed by atoms with Crippen LogP contribution in [0.5, 0.6) is 0 Å². The number of rotatable bonds is 1. The zero-order valence-corrected chi connectivity index (χ0v) is 9.02. The third-order valence-electron chi connectivity index (χ3n) is 1.49. The summed E-state index contributed by atoms with van der Waals surface area (Å²) in [6.45, 7) is 0. The average Bonchev–Trinajstić information content (AvgIpc) is 2.15. The van der Waals surface area contributed by atoms with E-state index >= 15 is 0 Å². The van der Waals surface area contributed by atoms with Gasteiger partial charge in [-0.1, -0.05) is 6.07 Å². The van der Waals surface area contributed by atoms with E-state index in [0.29, 0.717) is 0 Å². The van der Waals surface area contributed by atoms with Gasteiger partial charge < -0.3 is 8.80 Å². The molecule has 1 aromatic heterocycles. The normalized spacial score (nSPS) is 9.50. The van der Waals surface area contributed by atoms with E-state index in [9.17, 15) is 9.59 Å². The van der Waals surface area contributed by atoms with Crippen LogP contribution in [0.4, 0.5) is 4.79 Å². The van der Waals surface area contributed by atoms with Crippen LogP contribution >= 0.6 is 23.0 Å². The fraction of sp³-hybridized carbons (Fsp3) is 0. The Morgan fingerprint density at radius 2 is 2.14 bits per heavy atom. The first-order valence-electron chi connectivity index (χ1n) is 3.47. The van der Waals surface area contributed by atoms with Crippen molar-refractivity contribution in [1.29, 1.82) is 5.41 Å². The summed E-state index contributed by atoms with van der Waals surface area (Å²) in [6, 6.07) is 3.26. The number of carbonyl (C=O) groups is 2. The van der Waals surface area contributed by atoms with Crippen LogP contribution in [0.15, 0.2) is 18.2 Å². The Kier molecular flexibility index (Phi) is 3.23. The molecule has 6 nitrogen and oxygen atoms in total. The molecule has 1 rings (SSSR count). The van der Waals surface area contributed by atoms with Gasteiger partial charge in [0.25, 0.3) is 0 Å². The highest BCUT2D eigenvalue weighted by Gasteiger charge is 2.14. The van der Waals surface area contributed by atoms with Crippen LogP contribution in [0.1, 0.15) is 10.5 Å². The largest absolute Gasteiger partial charge is 0.390 e. The molecule has 0 fully saturated rings. The van der Waals surface area contributed by atoms with E-state index in [1.807, 2.05) is 0 Å². The molecule has 0 saturated heterocycles.